The Labute approximate surface area is 87.1 Å². The lowest BCUT2D eigenvalue weighted by Crippen LogP contribution is -1.99. The third-order valence-electron chi connectivity index (χ3n) is 2.10. The van der Waals surface area contributed by atoms with Gasteiger partial charge in [0.15, 0.2) is 0 Å². The van der Waals surface area contributed by atoms with Crippen molar-refractivity contribution in [1.82, 2.24) is 5.73 Å². The van der Waals surface area contributed by atoms with Crippen LogP contribution in [0.2, 0.25) is 0 Å². The first-order valence-corrected chi connectivity index (χ1v) is 5.64. The van der Waals surface area contributed by atoms with Crippen LogP contribution in [0.5, 0.6) is 0 Å². The van der Waals surface area contributed by atoms with E-state index in [1.807, 2.05) is 0 Å². The molecule has 0 aromatic heterocycles. The number of fused-ring (bicyclic) bond motifs is 1. The highest BCUT2D eigenvalue weighted by molar-refractivity contribution is 7.86. The average Bonchev–Trinajstić information content (AvgIpc) is 2.15. The maximum Gasteiger partial charge on any atom is 0.295 e. The van der Waals surface area contributed by atoms with Crippen LogP contribution in [0.25, 0.3) is 10.8 Å². The summed E-state index contributed by atoms with van der Waals surface area (Å²) >= 11 is 0. The van der Waals surface area contributed by atoms with E-state index in [0.717, 1.165) is 6.07 Å². The summed E-state index contributed by atoms with van der Waals surface area (Å²) in [6.07, 6.45) is 0. The van der Waals surface area contributed by atoms with Crippen molar-refractivity contribution >= 4 is 26.6 Å². The molecule has 0 aliphatic carbocycles. The first-order valence-electron chi connectivity index (χ1n) is 4.20. The van der Waals surface area contributed by atoms with Crippen LogP contribution in [-0.2, 0) is 10.1 Å². The standard InChI is InChI=1S/C10H8NO3S/c11-8-5-7-3-1-2-4-9(7)10(6-8)15(12,13)14/h1-6,11H,(H,12,13,14). The minimum absolute atomic E-state index is 0.0568. The van der Waals surface area contributed by atoms with Crippen LogP contribution in [0.3, 0.4) is 0 Å². The summed E-state index contributed by atoms with van der Waals surface area (Å²) in [6.45, 7) is 0. The van der Waals surface area contributed by atoms with Gasteiger partial charge in [0.05, 0.1) is 5.69 Å². The van der Waals surface area contributed by atoms with Crippen LogP contribution >= 0.6 is 0 Å². The zero-order chi connectivity index (χ0) is 11.1. The summed E-state index contributed by atoms with van der Waals surface area (Å²) in [4.78, 5) is -0.217. The van der Waals surface area contributed by atoms with Crippen LogP contribution in [-0.4, -0.2) is 13.0 Å². The molecular formula is C10H8NO3S. The summed E-state index contributed by atoms with van der Waals surface area (Å²) in [5.74, 6) is 0. The molecule has 1 radical (unpaired) electrons. The van der Waals surface area contributed by atoms with Gasteiger partial charge in [0, 0.05) is 5.39 Å². The van der Waals surface area contributed by atoms with Crippen molar-refractivity contribution < 1.29 is 13.0 Å². The molecule has 2 N–H and O–H groups in total. The fraction of sp³-hybridized carbons (Fsp3) is 0. The van der Waals surface area contributed by atoms with Gasteiger partial charge in [0.1, 0.15) is 4.90 Å². The average molecular weight is 222 g/mol. The predicted molar refractivity (Wildman–Crippen MR) is 56.5 cm³/mol. The quantitative estimate of drug-likeness (QED) is 0.749. The molecule has 0 amide bonds. The molecule has 2 rings (SSSR count). The number of hydrogen-bond acceptors (Lipinski definition) is 2. The molecule has 0 aliphatic heterocycles. The van der Waals surface area contributed by atoms with Crippen molar-refractivity contribution in [2.75, 3.05) is 0 Å². The van der Waals surface area contributed by atoms with Crippen molar-refractivity contribution in [2.24, 2.45) is 0 Å². The van der Waals surface area contributed by atoms with Gasteiger partial charge in [-0.3, -0.25) is 4.55 Å². The molecule has 5 heteroatoms. The van der Waals surface area contributed by atoms with Crippen LogP contribution in [0.4, 0.5) is 5.69 Å². The fourth-order valence-corrected chi connectivity index (χ4v) is 2.23. The third kappa shape index (κ3) is 1.79. The van der Waals surface area contributed by atoms with Gasteiger partial charge in [-0.05, 0) is 17.5 Å². The largest absolute Gasteiger partial charge is 0.301 e. The molecule has 77 valence electrons. The predicted octanol–water partition coefficient (Wildman–Crippen LogP) is 2.00. The smallest absolute Gasteiger partial charge is 0.295 e. The van der Waals surface area contributed by atoms with Crippen molar-refractivity contribution in [1.29, 1.82) is 0 Å². The Kier molecular flexibility index (Phi) is 2.13. The fourth-order valence-electron chi connectivity index (χ4n) is 1.49. The summed E-state index contributed by atoms with van der Waals surface area (Å²) < 4.78 is 31.1. The minimum Gasteiger partial charge on any atom is -0.301 e. The first kappa shape index (κ1) is 9.95. The Balaban J connectivity index is 2.96. The van der Waals surface area contributed by atoms with Crippen LogP contribution in [0.1, 0.15) is 0 Å². The summed E-state index contributed by atoms with van der Waals surface area (Å²) in [5, 5.41) is 1.05. The topological polar surface area (TPSA) is 78.2 Å². The van der Waals surface area contributed by atoms with Gasteiger partial charge in [-0.2, -0.15) is 8.42 Å². The minimum atomic E-state index is -4.27. The van der Waals surface area contributed by atoms with E-state index < -0.39 is 10.1 Å². The van der Waals surface area contributed by atoms with Crippen molar-refractivity contribution in [3.63, 3.8) is 0 Å². The number of rotatable bonds is 1. The van der Waals surface area contributed by atoms with E-state index >= 15 is 0 Å². The molecule has 2 aromatic rings. The van der Waals surface area contributed by atoms with E-state index in [0.29, 0.717) is 10.8 Å². The summed E-state index contributed by atoms with van der Waals surface area (Å²) in [5.41, 5.74) is 7.48. The van der Waals surface area contributed by atoms with Gasteiger partial charge in [-0.25, -0.2) is 0 Å². The van der Waals surface area contributed by atoms with E-state index in [9.17, 15) is 8.42 Å². The maximum atomic E-state index is 11.1. The summed E-state index contributed by atoms with van der Waals surface area (Å²) in [7, 11) is -4.27. The van der Waals surface area contributed by atoms with Gasteiger partial charge >= 0.3 is 0 Å². The zero-order valence-electron chi connectivity index (χ0n) is 7.64. The van der Waals surface area contributed by atoms with Gasteiger partial charge < -0.3 is 5.73 Å². The SMILES string of the molecule is [NH]c1cc(S(=O)(=O)O)c2ccccc2c1. The van der Waals surface area contributed by atoms with E-state index in [4.69, 9.17) is 10.3 Å². The van der Waals surface area contributed by atoms with E-state index in [1.165, 1.54) is 0 Å². The lowest BCUT2D eigenvalue weighted by molar-refractivity contribution is 0.484. The molecule has 0 spiro atoms. The second-order valence-corrected chi connectivity index (χ2v) is 4.56. The molecule has 0 fully saturated rings. The Morgan fingerprint density at radius 2 is 1.80 bits per heavy atom. The highest BCUT2D eigenvalue weighted by Crippen LogP contribution is 2.26. The molecule has 4 nitrogen and oxygen atoms in total. The van der Waals surface area contributed by atoms with E-state index in [1.54, 1.807) is 30.3 Å². The molecule has 0 unspecified atom stereocenters. The molecule has 0 heterocycles. The first-order chi connectivity index (χ1) is 6.98. The van der Waals surface area contributed by atoms with Crippen LogP contribution < -0.4 is 5.73 Å². The van der Waals surface area contributed by atoms with Crippen molar-refractivity contribution in [3.05, 3.63) is 36.4 Å². The summed E-state index contributed by atoms with van der Waals surface area (Å²) in [6, 6.07) is 9.40. The van der Waals surface area contributed by atoms with Gasteiger partial charge in [0.25, 0.3) is 10.1 Å². The molecule has 0 aliphatic rings. The Morgan fingerprint density at radius 3 is 2.47 bits per heavy atom. The van der Waals surface area contributed by atoms with E-state index in [-0.39, 0.29) is 10.6 Å². The number of benzene rings is 2. The molecule has 0 bridgehead atoms. The molecule has 0 saturated carbocycles. The van der Waals surface area contributed by atoms with E-state index in [2.05, 4.69) is 0 Å². The van der Waals surface area contributed by atoms with Crippen LogP contribution in [0, 0.1) is 0 Å². The molecule has 0 atom stereocenters. The zero-order valence-corrected chi connectivity index (χ0v) is 8.45. The van der Waals surface area contributed by atoms with Crippen molar-refractivity contribution in [2.45, 2.75) is 4.90 Å². The number of nitrogens with one attached hydrogen (secondary N) is 1. The molecule has 2 aromatic carbocycles. The lowest BCUT2D eigenvalue weighted by Gasteiger charge is -2.04. The van der Waals surface area contributed by atoms with Gasteiger partial charge in [-0.15, -0.1) is 0 Å². The second-order valence-electron chi connectivity index (χ2n) is 3.17. The Bertz CT molecular complexity index is 620. The van der Waals surface area contributed by atoms with Gasteiger partial charge in [-0.1, -0.05) is 24.3 Å². The number of hydrogen-bond donors (Lipinski definition) is 1. The normalized spacial score (nSPS) is 11.8. The lowest BCUT2D eigenvalue weighted by atomic mass is 10.1. The second kappa shape index (κ2) is 3.22. The van der Waals surface area contributed by atoms with Gasteiger partial charge in [0.2, 0.25) is 0 Å². The third-order valence-corrected chi connectivity index (χ3v) is 3.00. The van der Waals surface area contributed by atoms with Crippen LogP contribution in [0.15, 0.2) is 41.3 Å². The highest BCUT2D eigenvalue weighted by Gasteiger charge is 2.14. The molecular weight excluding hydrogens is 214 g/mol. The maximum absolute atomic E-state index is 11.1. The molecule has 15 heavy (non-hydrogen) atoms. The Hall–Kier alpha value is -1.59. The monoisotopic (exact) mass is 222 g/mol. The van der Waals surface area contributed by atoms with Crippen molar-refractivity contribution in [3.8, 4) is 0 Å². The Morgan fingerprint density at radius 1 is 1.13 bits per heavy atom. The molecule has 0 saturated heterocycles. The highest BCUT2D eigenvalue weighted by atomic mass is 32.2.